The first-order chi connectivity index (χ1) is 24.5. The summed E-state index contributed by atoms with van der Waals surface area (Å²) in [6, 6.07) is 1.34. The Balaban J connectivity index is 1.92. The van der Waals surface area contributed by atoms with E-state index in [9.17, 15) is 33.6 Å². The smallest absolute Gasteiger partial charge is 0.243 e. The highest BCUT2D eigenvalue weighted by atomic mass is 16.2. The fraction of sp³-hybridized carbons (Fsp3) is 0.595. The van der Waals surface area contributed by atoms with Gasteiger partial charge in [0.2, 0.25) is 41.4 Å². The standard InChI is InChI=1S/C37H56N8O7/c1-19(2)16-27-35(50)45-30(20(3)4)36(51)41-23(8)32(47)42-28(17-24-18-39-26-13-10-9-12-25(24)26)34(49)38-15-11-14-29(46)40-22(7)33(48)44-31(21(5)6)37(52)43-27/h9-10,12-13,18-23,27-28,30-31,39H,11,14-17H2,1-8H3,(H,38,49)(H,40,46)(H,41,51)(H,42,47)(H,43,52)(H,44,48)(H,45,50)/t22-,23-,27+,28-,30?,31?/m1/s1. The lowest BCUT2D eigenvalue weighted by Crippen LogP contribution is -2.61. The molecule has 1 aromatic heterocycles. The Morgan fingerprint density at radius 1 is 0.635 bits per heavy atom. The van der Waals surface area contributed by atoms with Crippen molar-refractivity contribution in [2.45, 2.75) is 117 Å². The lowest BCUT2D eigenvalue weighted by Gasteiger charge is -2.29. The van der Waals surface area contributed by atoms with Crippen molar-refractivity contribution >= 4 is 52.3 Å². The van der Waals surface area contributed by atoms with Gasteiger partial charge in [-0.3, -0.25) is 33.6 Å². The Morgan fingerprint density at radius 2 is 1.19 bits per heavy atom. The fourth-order valence-electron chi connectivity index (χ4n) is 5.92. The molecule has 1 saturated heterocycles. The number of nitrogens with one attached hydrogen (secondary N) is 8. The molecular weight excluding hydrogens is 668 g/mol. The maximum atomic E-state index is 13.7. The molecule has 1 aliphatic heterocycles. The molecule has 286 valence electrons. The summed E-state index contributed by atoms with van der Waals surface area (Å²) in [5.41, 5.74) is 1.66. The van der Waals surface area contributed by atoms with Crippen LogP contribution in [0.25, 0.3) is 10.9 Å². The van der Waals surface area contributed by atoms with Gasteiger partial charge in [-0.05, 0) is 56.1 Å². The second-order valence-electron chi connectivity index (χ2n) is 14.7. The molecule has 0 spiro atoms. The second kappa shape index (κ2) is 19.0. The first-order valence-electron chi connectivity index (χ1n) is 18.1. The highest BCUT2D eigenvalue weighted by molar-refractivity contribution is 5.97. The lowest BCUT2D eigenvalue weighted by molar-refractivity contribution is -0.136. The van der Waals surface area contributed by atoms with Crippen molar-refractivity contribution in [3.8, 4) is 0 Å². The zero-order valence-electron chi connectivity index (χ0n) is 31.5. The summed E-state index contributed by atoms with van der Waals surface area (Å²) in [6.45, 7) is 13.8. The number of rotatable bonds is 6. The zero-order valence-corrected chi connectivity index (χ0v) is 31.5. The van der Waals surface area contributed by atoms with Crippen molar-refractivity contribution in [3.63, 3.8) is 0 Å². The van der Waals surface area contributed by atoms with Crippen LogP contribution in [0.5, 0.6) is 0 Å². The summed E-state index contributed by atoms with van der Waals surface area (Å²) in [5, 5.41) is 19.9. The Morgan fingerprint density at radius 3 is 1.83 bits per heavy atom. The topological polar surface area (TPSA) is 219 Å². The minimum Gasteiger partial charge on any atom is -0.361 e. The average Bonchev–Trinajstić information content (AvgIpc) is 3.48. The molecule has 2 unspecified atom stereocenters. The van der Waals surface area contributed by atoms with Crippen molar-refractivity contribution < 1.29 is 33.6 Å². The highest BCUT2D eigenvalue weighted by Gasteiger charge is 2.34. The molecule has 7 amide bonds. The molecule has 0 saturated carbocycles. The largest absolute Gasteiger partial charge is 0.361 e. The maximum Gasteiger partial charge on any atom is 0.243 e. The SMILES string of the molecule is CC(C)C[C@@H]1NC(=O)C(C(C)C)NC(=O)[C@@H](C)NC(=O)CCCNC(=O)[C@@H](Cc2c[nH]c3ccccc23)NC(=O)[C@@H](C)NC(=O)C(C(C)C)NC1=O. The van der Waals surface area contributed by atoms with Gasteiger partial charge in [0.05, 0.1) is 0 Å². The Labute approximate surface area is 305 Å². The molecule has 2 aromatic rings. The molecule has 6 atom stereocenters. The van der Waals surface area contributed by atoms with Gasteiger partial charge in [-0.25, -0.2) is 0 Å². The van der Waals surface area contributed by atoms with Crippen LogP contribution in [-0.4, -0.2) is 89.1 Å². The number of aromatic nitrogens is 1. The van der Waals surface area contributed by atoms with Gasteiger partial charge in [0.15, 0.2) is 0 Å². The normalized spacial score (nSPS) is 25.6. The summed E-state index contributed by atoms with van der Waals surface area (Å²) in [6.07, 6.45) is 2.40. The molecule has 1 fully saturated rings. The molecule has 0 aliphatic carbocycles. The fourth-order valence-corrected chi connectivity index (χ4v) is 5.92. The third-order valence-electron chi connectivity index (χ3n) is 8.97. The van der Waals surface area contributed by atoms with Gasteiger partial charge < -0.3 is 42.2 Å². The van der Waals surface area contributed by atoms with Crippen LogP contribution in [0.2, 0.25) is 0 Å². The van der Waals surface area contributed by atoms with E-state index in [1.165, 1.54) is 13.8 Å². The lowest BCUT2D eigenvalue weighted by atomic mass is 9.98. The Kier molecular flexibility index (Phi) is 15.2. The van der Waals surface area contributed by atoms with Crippen LogP contribution in [0.15, 0.2) is 30.5 Å². The van der Waals surface area contributed by atoms with Crippen molar-refractivity contribution in [3.05, 3.63) is 36.0 Å². The molecular formula is C37H56N8O7. The second-order valence-corrected chi connectivity index (χ2v) is 14.7. The van der Waals surface area contributed by atoms with Gasteiger partial charge in [-0.1, -0.05) is 59.7 Å². The molecule has 0 bridgehead atoms. The number of fused-ring (bicyclic) bond motifs is 1. The van der Waals surface area contributed by atoms with Gasteiger partial charge in [-0.15, -0.1) is 0 Å². The Hall–Kier alpha value is -4.95. The third kappa shape index (κ3) is 11.8. The van der Waals surface area contributed by atoms with E-state index in [2.05, 4.69) is 42.2 Å². The number of para-hydroxylation sites is 1. The van der Waals surface area contributed by atoms with Crippen LogP contribution >= 0.6 is 0 Å². The summed E-state index contributed by atoms with van der Waals surface area (Å²) in [4.78, 5) is 96.7. The molecule has 15 nitrogen and oxygen atoms in total. The molecule has 1 aliphatic rings. The van der Waals surface area contributed by atoms with Crippen LogP contribution in [0.4, 0.5) is 0 Å². The quantitative estimate of drug-likeness (QED) is 0.215. The van der Waals surface area contributed by atoms with Crippen molar-refractivity contribution in [2.75, 3.05) is 6.54 Å². The number of benzene rings is 1. The van der Waals surface area contributed by atoms with E-state index in [4.69, 9.17) is 0 Å². The predicted octanol–water partition coefficient (Wildman–Crippen LogP) is 0.927. The van der Waals surface area contributed by atoms with Crippen molar-refractivity contribution in [1.82, 2.24) is 42.2 Å². The van der Waals surface area contributed by atoms with E-state index < -0.39 is 83.5 Å². The van der Waals surface area contributed by atoms with E-state index in [1.54, 1.807) is 33.9 Å². The number of hydrogen-bond donors (Lipinski definition) is 8. The first kappa shape index (κ1) is 41.5. The predicted molar refractivity (Wildman–Crippen MR) is 196 cm³/mol. The molecule has 52 heavy (non-hydrogen) atoms. The van der Waals surface area contributed by atoms with E-state index in [1.807, 2.05) is 38.1 Å². The third-order valence-corrected chi connectivity index (χ3v) is 8.97. The van der Waals surface area contributed by atoms with E-state index in [-0.39, 0.29) is 44.1 Å². The average molecular weight is 725 g/mol. The molecule has 15 heteroatoms. The van der Waals surface area contributed by atoms with Crippen molar-refractivity contribution in [1.29, 1.82) is 0 Å². The molecule has 3 rings (SSSR count). The van der Waals surface area contributed by atoms with E-state index in [0.717, 1.165) is 16.5 Å². The number of carbonyl (C=O) groups is 7. The van der Waals surface area contributed by atoms with Gasteiger partial charge in [0, 0.05) is 36.5 Å². The maximum absolute atomic E-state index is 13.7. The molecule has 8 N–H and O–H groups in total. The minimum atomic E-state index is -1.09. The Bertz CT molecular complexity index is 1600. The monoisotopic (exact) mass is 724 g/mol. The van der Waals surface area contributed by atoms with Gasteiger partial charge in [0.25, 0.3) is 0 Å². The van der Waals surface area contributed by atoms with Gasteiger partial charge in [-0.2, -0.15) is 0 Å². The van der Waals surface area contributed by atoms with Crippen molar-refractivity contribution in [2.24, 2.45) is 17.8 Å². The van der Waals surface area contributed by atoms with Crippen LogP contribution in [0.3, 0.4) is 0 Å². The van der Waals surface area contributed by atoms with Gasteiger partial charge in [0.1, 0.15) is 36.3 Å². The van der Waals surface area contributed by atoms with Gasteiger partial charge >= 0.3 is 0 Å². The number of amides is 7. The molecule has 2 heterocycles. The number of H-pyrrole nitrogens is 1. The van der Waals surface area contributed by atoms with Crippen LogP contribution in [0, 0.1) is 17.8 Å². The summed E-state index contributed by atoms with van der Waals surface area (Å²) < 4.78 is 0. The number of hydrogen-bond acceptors (Lipinski definition) is 7. The minimum absolute atomic E-state index is 0.00243. The van der Waals surface area contributed by atoms with E-state index >= 15 is 0 Å². The molecule has 1 aromatic carbocycles. The highest BCUT2D eigenvalue weighted by Crippen LogP contribution is 2.19. The van der Waals surface area contributed by atoms with Crippen LogP contribution < -0.4 is 37.2 Å². The first-order valence-corrected chi connectivity index (χ1v) is 18.1. The number of carbonyl (C=O) groups excluding carboxylic acids is 7. The summed E-state index contributed by atoms with van der Waals surface area (Å²) in [7, 11) is 0. The summed E-state index contributed by atoms with van der Waals surface area (Å²) >= 11 is 0. The summed E-state index contributed by atoms with van der Waals surface area (Å²) in [5.74, 6) is -4.70. The number of aromatic amines is 1. The zero-order chi connectivity index (χ0) is 38.7. The van der Waals surface area contributed by atoms with Crippen LogP contribution in [-0.2, 0) is 40.0 Å². The molecule has 0 radical (unpaired) electrons. The van der Waals surface area contributed by atoms with Crippen LogP contribution in [0.1, 0.15) is 80.2 Å². The van der Waals surface area contributed by atoms with E-state index in [0.29, 0.717) is 0 Å².